The second kappa shape index (κ2) is 8.68. The molecular weight excluding hydrogens is 394 g/mol. The minimum atomic E-state index is -1.02. The molecule has 2 aromatic carbocycles. The van der Waals surface area contributed by atoms with E-state index >= 15 is 0 Å². The van der Waals surface area contributed by atoms with Crippen molar-refractivity contribution >= 4 is 29.6 Å². The molecule has 0 aliphatic carbocycles. The third-order valence-corrected chi connectivity index (χ3v) is 5.06. The van der Waals surface area contributed by atoms with E-state index in [1.165, 1.54) is 0 Å². The molecule has 0 bridgehead atoms. The summed E-state index contributed by atoms with van der Waals surface area (Å²) in [5.41, 5.74) is 1.65. The van der Waals surface area contributed by atoms with E-state index in [0.717, 1.165) is 0 Å². The fourth-order valence-corrected chi connectivity index (χ4v) is 3.47. The molecule has 1 fully saturated rings. The van der Waals surface area contributed by atoms with Gasteiger partial charge in [-0.3, -0.25) is 4.79 Å². The predicted octanol–water partition coefficient (Wildman–Crippen LogP) is 3.26. The summed E-state index contributed by atoms with van der Waals surface area (Å²) < 4.78 is 16.6. The van der Waals surface area contributed by atoms with E-state index in [1.807, 2.05) is 18.2 Å². The van der Waals surface area contributed by atoms with Crippen molar-refractivity contribution in [1.29, 1.82) is 0 Å². The standard InChI is InChI=1S/C22H20ClNO5/c23-18-6-7-19-16(13-18)12-17(14-28-19)22(26)29-20(15-4-2-1-3-5-15)21(25)24-8-10-27-11-9-24/h1-7,12-13,20H,8-11,14H2/t20-/m0/s1. The van der Waals surface area contributed by atoms with Gasteiger partial charge in [0.15, 0.2) is 0 Å². The quantitative estimate of drug-likeness (QED) is 0.720. The van der Waals surface area contributed by atoms with Gasteiger partial charge >= 0.3 is 5.97 Å². The van der Waals surface area contributed by atoms with Gasteiger partial charge in [-0.25, -0.2) is 4.79 Å². The molecule has 0 radical (unpaired) electrons. The number of benzene rings is 2. The average Bonchev–Trinajstić information content (AvgIpc) is 2.77. The Kier molecular flexibility index (Phi) is 5.83. The van der Waals surface area contributed by atoms with Crippen molar-refractivity contribution in [1.82, 2.24) is 4.90 Å². The number of rotatable bonds is 4. The van der Waals surface area contributed by atoms with Crippen molar-refractivity contribution in [2.45, 2.75) is 6.10 Å². The number of hydrogen-bond donors (Lipinski definition) is 0. The van der Waals surface area contributed by atoms with Crippen LogP contribution in [0.3, 0.4) is 0 Å². The average molecular weight is 414 g/mol. The first-order chi connectivity index (χ1) is 14.1. The number of nitrogens with zero attached hydrogens (tertiary/aromatic N) is 1. The van der Waals surface area contributed by atoms with Crippen molar-refractivity contribution in [3.8, 4) is 5.75 Å². The normalized spacial score (nSPS) is 16.9. The maximum absolute atomic E-state index is 13.1. The summed E-state index contributed by atoms with van der Waals surface area (Å²) in [7, 11) is 0. The monoisotopic (exact) mass is 413 g/mol. The van der Waals surface area contributed by atoms with Crippen LogP contribution in [0.15, 0.2) is 54.1 Å². The number of carbonyl (C=O) groups is 2. The molecule has 0 spiro atoms. The lowest BCUT2D eigenvalue weighted by atomic mass is 10.1. The first-order valence-electron chi connectivity index (χ1n) is 9.37. The van der Waals surface area contributed by atoms with E-state index < -0.39 is 12.1 Å². The zero-order valence-corrected chi connectivity index (χ0v) is 16.4. The zero-order valence-electron chi connectivity index (χ0n) is 15.7. The number of fused-ring (bicyclic) bond motifs is 1. The molecule has 2 aliphatic rings. The van der Waals surface area contributed by atoms with Crippen LogP contribution in [0.1, 0.15) is 17.2 Å². The number of morpholine rings is 1. The summed E-state index contributed by atoms with van der Waals surface area (Å²) >= 11 is 6.03. The zero-order chi connectivity index (χ0) is 20.2. The molecule has 2 aliphatic heterocycles. The third kappa shape index (κ3) is 4.44. The van der Waals surface area contributed by atoms with E-state index in [0.29, 0.717) is 53.8 Å². The summed E-state index contributed by atoms with van der Waals surface area (Å²) in [6.45, 7) is 1.95. The van der Waals surface area contributed by atoms with E-state index in [9.17, 15) is 9.59 Å². The number of hydrogen-bond acceptors (Lipinski definition) is 5. The molecule has 29 heavy (non-hydrogen) atoms. The highest BCUT2D eigenvalue weighted by atomic mass is 35.5. The van der Waals surface area contributed by atoms with E-state index in [-0.39, 0.29) is 12.5 Å². The van der Waals surface area contributed by atoms with E-state index in [2.05, 4.69) is 0 Å². The lowest BCUT2D eigenvalue weighted by Gasteiger charge is -2.30. The van der Waals surface area contributed by atoms with Gasteiger partial charge in [-0.15, -0.1) is 0 Å². The minimum Gasteiger partial charge on any atom is -0.488 e. The highest BCUT2D eigenvalue weighted by molar-refractivity contribution is 6.30. The predicted molar refractivity (Wildman–Crippen MR) is 108 cm³/mol. The smallest absolute Gasteiger partial charge is 0.338 e. The maximum atomic E-state index is 13.1. The van der Waals surface area contributed by atoms with Gasteiger partial charge in [0.05, 0.1) is 18.8 Å². The van der Waals surface area contributed by atoms with Crippen LogP contribution in [0.25, 0.3) is 6.08 Å². The second-order valence-corrected chi connectivity index (χ2v) is 7.21. The lowest BCUT2D eigenvalue weighted by Crippen LogP contribution is -2.44. The maximum Gasteiger partial charge on any atom is 0.338 e. The van der Waals surface area contributed by atoms with Gasteiger partial charge in [0.1, 0.15) is 12.4 Å². The Morgan fingerprint density at radius 2 is 1.83 bits per heavy atom. The molecule has 1 saturated heterocycles. The first kappa shape index (κ1) is 19.5. The number of ether oxygens (including phenoxy) is 3. The van der Waals surface area contributed by atoms with Crippen molar-refractivity contribution in [3.63, 3.8) is 0 Å². The number of esters is 1. The summed E-state index contributed by atoms with van der Waals surface area (Å²) in [5, 5.41) is 0.544. The van der Waals surface area contributed by atoms with Gasteiger partial charge in [-0.2, -0.15) is 0 Å². The van der Waals surface area contributed by atoms with Crippen LogP contribution < -0.4 is 4.74 Å². The summed E-state index contributed by atoms with van der Waals surface area (Å²) in [6, 6.07) is 14.2. The summed E-state index contributed by atoms with van der Waals surface area (Å²) in [5.74, 6) is -0.199. The summed E-state index contributed by atoms with van der Waals surface area (Å²) in [6.07, 6.45) is 0.664. The van der Waals surface area contributed by atoms with Crippen molar-refractivity contribution in [2.75, 3.05) is 32.9 Å². The van der Waals surface area contributed by atoms with Gasteiger partial charge in [-0.1, -0.05) is 41.9 Å². The number of carbonyl (C=O) groups excluding carboxylic acids is 2. The Bertz CT molecular complexity index is 937. The Hall–Kier alpha value is -2.83. The molecule has 7 heteroatoms. The van der Waals surface area contributed by atoms with Crippen LogP contribution in [-0.2, 0) is 19.1 Å². The fourth-order valence-electron chi connectivity index (χ4n) is 3.29. The van der Waals surface area contributed by atoms with Crippen molar-refractivity contribution in [2.24, 2.45) is 0 Å². The van der Waals surface area contributed by atoms with Crippen LogP contribution in [0.5, 0.6) is 5.75 Å². The molecule has 0 aromatic heterocycles. The third-order valence-electron chi connectivity index (χ3n) is 4.82. The molecule has 2 aromatic rings. The molecule has 0 N–H and O–H groups in total. The van der Waals surface area contributed by atoms with Crippen LogP contribution in [-0.4, -0.2) is 49.7 Å². The highest BCUT2D eigenvalue weighted by Crippen LogP contribution is 2.30. The topological polar surface area (TPSA) is 65.1 Å². The van der Waals surface area contributed by atoms with Crippen molar-refractivity contribution < 1.29 is 23.8 Å². The van der Waals surface area contributed by atoms with E-state index in [4.69, 9.17) is 25.8 Å². The molecule has 1 atom stereocenters. The SMILES string of the molecule is O=C(O[C@H](C(=O)N1CCOCC1)c1ccccc1)C1=Cc2cc(Cl)ccc2OC1. The molecule has 0 saturated carbocycles. The van der Waals surface area contributed by atoms with Gasteiger partial charge in [0.25, 0.3) is 5.91 Å². The fraction of sp³-hybridized carbons (Fsp3) is 0.273. The molecule has 6 nitrogen and oxygen atoms in total. The molecule has 0 unspecified atom stereocenters. The minimum absolute atomic E-state index is 0.0702. The molecule has 150 valence electrons. The van der Waals surface area contributed by atoms with Gasteiger partial charge in [0, 0.05) is 29.2 Å². The van der Waals surface area contributed by atoms with Gasteiger partial charge in [0.2, 0.25) is 6.10 Å². The highest BCUT2D eigenvalue weighted by Gasteiger charge is 2.32. The Morgan fingerprint density at radius 1 is 1.07 bits per heavy atom. The van der Waals surface area contributed by atoms with E-state index in [1.54, 1.807) is 41.3 Å². The molecule has 1 amide bonds. The van der Waals surface area contributed by atoms with Crippen LogP contribution in [0, 0.1) is 0 Å². The molecular formula is C22H20ClNO5. The van der Waals surface area contributed by atoms with Crippen LogP contribution in [0.2, 0.25) is 5.02 Å². The second-order valence-electron chi connectivity index (χ2n) is 6.77. The Balaban J connectivity index is 1.57. The van der Waals surface area contributed by atoms with Gasteiger partial charge in [-0.05, 0) is 24.3 Å². The summed E-state index contributed by atoms with van der Waals surface area (Å²) in [4.78, 5) is 27.6. The number of amides is 1. The Labute approximate surface area is 173 Å². The van der Waals surface area contributed by atoms with Crippen molar-refractivity contribution in [3.05, 3.63) is 70.3 Å². The number of halogens is 1. The lowest BCUT2D eigenvalue weighted by molar-refractivity contribution is -0.160. The van der Waals surface area contributed by atoms with Crippen LogP contribution >= 0.6 is 11.6 Å². The first-order valence-corrected chi connectivity index (χ1v) is 9.75. The van der Waals surface area contributed by atoms with Crippen LogP contribution in [0.4, 0.5) is 0 Å². The largest absolute Gasteiger partial charge is 0.488 e. The molecule has 2 heterocycles. The van der Waals surface area contributed by atoms with Gasteiger partial charge < -0.3 is 19.1 Å². The Morgan fingerprint density at radius 3 is 2.59 bits per heavy atom. The molecule has 4 rings (SSSR count).